The Kier molecular flexibility index (Phi) is 9.32. The van der Waals surface area contributed by atoms with E-state index in [9.17, 15) is 8.42 Å². The highest BCUT2D eigenvalue weighted by atomic mass is 35.5. The smallest absolute Gasteiger partial charge is 0.150 e. The number of hydrogen-bond donors (Lipinski definition) is 3. The Labute approximate surface area is 226 Å². The quantitative estimate of drug-likeness (QED) is 0.389. The summed E-state index contributed by atoms with van der Waals surface area (Å²) in [5, 5.41) is 11.2. The third-order valence-electron chi connectivity index (χ3n) is 7.63. The van der Waals surface area contributed by atoms with Crippen molar-refractivity contribution < 1.29 is 13.2 Å². The van der Waals surface area contributed by atoms with Crippen LogP contribution >= 0.6 is 11.6 Å². The maximum absolute atomic E-state index is 11.8. The van der Waals surface area contributed by atoms with Crippen LogP contribution in [-0.2, 0) is 14.6 Å². The minimum absolute atomic E-state index is 0.0647. The number of halogens is 1. The van der Waals surface area contributed by atoms with Crippen molar-refractivity contribution in [2.24, 2.45) is 5.41 Å². The number of pyridine rings is 2. The van der Waals surface area contributed by atoms with E-state index in [1.54, 1.807) is 13.3 Å². The fourth-order valence-electron chi connectivity index (χ4n) is 5.22. The van der Waals surface area contributed by atoms with Crippen molar-refractivity contribution >= 4 is 33.1 Å². The number of nitrogens with one attached hydrogen (secondary N) is 3. The van der Waals surface area contributed by atoms with E-state index in [0.717, 1.165) is 55.2 Å². The second-order valence-electron chi connectivity index (χ2n) is 11.0. The van der Waals surface area contributed by atoms with E-state index in [2.05, 4.69) is 34.8 Å². The van der Waals surface area contributed by atoms with Gasteiger partial charge in [0.2, 0.25) is 0 Å². The Morgan fingerprint density at radius 2 is 1.84 bits per heavy atom. The molecule has 1 saturated heterocycles. The number of methoxy groups -OCH3 is 1. The van der Waals surface area contributed by atoms with Gasteiger partial charge in [-0.25, -0.2) is 18.4 Å². The molecule has 37 heavy (non-hydrogen) atoms. The van der Waals surface area contributed by atoms with Gasteiger partial charge in [0.15, 0.2) is 0 Å². The molecule has 2 aliphatic rings. The molecular formula is C27H40ClN5O3S. The SMILES string of the molecule is COC[C@@H](C)NC1CCC(Nc2cc(-c3cccc(NCC4(C)CCS(=O)(=O)CC4)n3)c(Cl)cn2)CC1. The lowest BCUT2D eigenvalue weighted by Crippen LogP contribution is -2.42. The topological polar surface area (TPSA) is 105 Å². The Balaban J connectivity index is 1.36. The van der Waals surface area contributed by atoms with Crippen LogP contribution in [0.15, 0.2) is 30.5 Å². The van der Waals surface area contributed by atoms with Gasteiger partial charge < -0.3 is 20.7 Å². The molecule has 2 fully saturated rings. The normalized spacial score (nSPS) is 23.8. The van der Waals surface area contributed by atoms with Crippen LogP contribution in [0.25, 0.3) is 11.3 Å². The summed E-state index contributed by atoms with van der Waals surface area (Å²) in [6.07, 6.45) is 7.40. The maximum atomic E-state index is 11.8. The minimum Gasteiger partial charge on any atom is -0.383 e. The molecule has 3 N–H and O–H groups in total. The molecule has 1 atom stereocenters. The summed E-state index contributed by atoms with van der Waals surface area (Å²) in [4.78, 5) is 9.32. The van der Waals surface area contributed by atoms with Crippen LogP contribution in [0.1, 0.15) is 52.4 Å². The molecule has 4 rings (SSSR count). The fraction of sp³-hybridized carbons (Fsp3) is 0.630. The zero-order chi connectivity index (χ0) is 26.5. The van der Waals surface area contributed by atoms with E-state index in [0.29, 0.717) is 42.5 Å². The number of nitrogens with zero attached hydrogens (tertiary/aromatic N) is 2. The highest BCUT2D eigenvalue weighted by Crippen LogP contribution is 2.33. The molecule has 1 aliphatic carbocycles. The van der Waals surface area contributed by atoms with Gasteiger partial charge in [-0.3, -0.25) is 0 Å². The van der Waals surface area contributed by atoms with E-state index in [1.807, 2.05) is 24.3 Å². The summed E-state index contributed by atoms with van der Waals surface area (Å²) >= 11 is 6.54. The molecule has 3 heterocycles. The number of rotatable bonds is 10. The second kappa shape index (κ2) is 12.3. The van der Waals surface area contributed by atoms with Crippen molar-refractivity contribution in [3.8, 4) is 11.3 Å². The highest BCUT2D eigenvalue weighted by molar-refractivity contribution is 7.91. The largest absolute Gasteiger partial charge is 0.383 e. The van der Waals surface area contributed by atoms with Crippen LogP contribution in [0, 0.1) is 5.41 Å². The molecule has 0 radical (unpaired) electrons. The molecule has 2 aromatic heterocycles. The van der Waals surface area contributed by atoms with Gasteiger partial charge in [-0.15, -0.1) is 0 Å². The van der Waals surface area contributed by atoms with E-state index < -0.39 is 9.84 Å². The Hall–Kier alpha value is -1.94. The van der Waals surface area contributed by atoms with Crippen molar-refractivity contribution in [2.75, 3.05) is 42.4 Å². The first kappa shape index (κ1) is 28.1. The predicted molar refractivity (Wildman–Crippen MR) is 151 cm³/mol. The first-order valence-electron chi connectivity index (χ1n) is 13.2. The summed E-state index contributed by atoms with van der Waals surface area (Å²) in [5.74, 6) is 2.07. The lowest BCUT2D eigenvalue weighted by Gasteiger charge is -2.33. The van der Waals surface area contributed by atoms with Crippen LogP contribution in [0.3, 0.4) is 0 Å². The van der Waals surface area contributed by atoms with Crippen molar-refractivity contribution in [1.82, 2.24) is 15.3 Å². The van der Waals surface area contributed by atoms with Gasteiger partial charge in [0.1, 0.15) is 21.5 Å². The maximum Gasteiger partial charge on any atom is 0.150 e. The van der Waals surface area contributed by atoms with Gasteiger partial charge in [-0.2, -0.15) is 0 Å². The van der Waals surface area contributed by atoms with Crippen LogP contribution in [-0.4, -0.2) is 68.3 Å². The number of anilines is 2. The van der Waals surface area contributed by atoms with E-state index >= 15 is 0 Å². The third-order valence-corrected chi connectivity index (χ3v) is 9.58. The third kappa shape index (κ3) is 8.02. The number of sulfone groups is 1. The lowest BCUT2D eigenvalue weighted by molar-refractivity contribution is 0.161. The number of hydrogen-bond acceptors (Lipinski definition) is 8. The predicted octanol–water partition coefficient (Wildman–Crippen LogP) is 4.77. The van der Waals surface area contributed by atoms with Crippen LogP contribution < -0.4 is 16.0 Å². The molecule has 8 nitrogen and oxygen atoms in total. The molecule has 1 saturated carbocycles. The summed E-state index contributed by atoms with van der Waals surface area (Å²) in [5.41, 5.74) is 1.54. The summed E-state index contributed by atoms with van der Waals surface area (Å²) in [6.45, 7) is 5.70. The molecule has 0 aromatic carbocycles. The van der Waals surface area contributed by atoms with E-state index in [-0.39, 0.29) is 16.9 Å². The second-order valence-corrected chi connectivity index (χ2v) is 13.7. The van der Waals surface area contributed by atoms with E-state index in [4.69, 9.17) is 21.3 Å². The fourth-order valence-corrected chi connectivity index (χ4v) is 7.23. The molecule has 2 aromatic rings. The average molecular weight is 550 g/mol. The monoisotopic (exact) mass is 549 g/mol. The molecule has 0 spiro atoms. The Morgan fingerprint density at radius 1 is 1.14 bits per heavy atom. The van der Waals surface area contributed by atoms with Gasteiger partial charge in [0, 0.05) is 43.5 Å². The van der Waals surface area contributed by atoms with Gasteiger partial charge in [-0.1, -0.05) is 24.6 Å². The molecule has 0 bridgehead atoms. The average Bonchev–Trinajstić information content (AvgIpc) is 2.88. The lowest BCUT2D eigenvalue weighted by atomic mass is 9.84. The van der Waals surface area contributed by atoms with Crippen LogP contribution in [0.5, 0.6) is 0 Å². The minimum atomic E-state index is -2.89. The molecule has 1 aliphatic heterocycles. The molecule has 0 amide bonds. The molecular weight excluding hydrogens is 510 g/mol. The van der Waals surface area contributed by atoms with Crippen LogP contribution in [0.4, 0.5) is 11.6 Å². The van der Waals surface area contributed by atoms with Gasteiger partial charge in [0.25, 0.3) is 0 Å². The van der Waals surface area contributed by atoms with Crippen molar-refractivity contribution in [1.29, 1.82) is 0 Å². The molecule has 204 valence electrons. The zero-order valence-corrected chi connectivity index (χ0v) is 23.7. The van der Waals surface area contributed by atoms with E-state index in [1.165, 1.54) is 0 Å². The first-order chi connectivity index (χ1) is 17.6. The van der Waals surface area contributed by atoms with Gasteiger partial charge >= 0.3 is 0 Å². The number of ether oxygens (including phenoxy) is 1. The Bertz CT molecular complexity index is 1140. The van der Waals surface area contributed by atoms with Gasteiger partial charge in [0.05, 0.1) is 28.8 Å². The summed E-state index contributed by atoms with van der Waals surface area (Å²) in [7, 11) is -1.15. The highest BCUT2D eigenvalue weighted by Gasteiger charge is 2.33. The Morgan fingerprint density at radius 3 is 2.54 bits per heavy atom. The van der Waals surface area contributed by atoms with Gasteiger partial charge in [-0.05, 0) is 69.1 Å². The summed E-state index contributed by atoms with van der Waals surface area (Å²) < 4.78 is 28.9. The van der Waals surface area contributed by atoms with Crippen molar-refractivity contribution in [3.05, 3.63) is 35.5 Å². The van der Waals surface area contributed by atoms with Crippen LogP contribution in [0.2, 0.25) is 5.02 Å². The summed E-state index contributed by atoms with van der Waals surface area (Å²) in [6, 6.07) is 9.08. The zero-order valence-electron chi connectivity index (χ0n) is 22.1. The van der Waals surface area contributed by atoms with Crippen molar-refractivity contribution in [3.63, 3.8) is 0 Å². The van der Waals surface area contributed by atoms with Crippen molar-refractivity contribution in [2.45, 2.75) is 70.5 Å². The number of aromatic nitrogens is 2. The first-order valence-corrected chi connectivity index (χ1v) is 15.4. The molecule has 0 unspecified atom stereocenters. The standard InChI is InChI=1S/C27H40ClN5O3S/c1-19(17-36-3)31-20-7-9-21(10-8-20)32-26-15-22(23(28)16-29-26)24-5-4-6-25(33-24)30-18-27(2)11-13-37(34,35)14-12-27/h4-6,15-16,19-21,31H,7-14,17-18H2,1-3H3,(H,29,32)(H,30,33)/t19-,20?,21?/m1/s1. The molecule has 10 heteroatoms.